The minimum absolute atomic E-state index is 0.855. The number of hydrogen-bond acceptors (Lipinski definition) is 2. The molecule has 0 amide bonds. The highest BCUT2D eigenvalue weighted by Gasteiger charge is 2.06. The van der Waals surface area contributed by atoms with E-state index in [4.69, 9.17) is 0 Å². The molecule has 0 saturated heterocycles. The number of halogens is 2. The zero-order valence-electron chi connectivity index (χ0n) is 10.2. The van der Waals surface area contributed by atoms with Crippen molar-refractivity contribution in [3.05, 3.63) is 45.1 Å². The van der Waals surface area contributed by atoms with E-state index in [0.29, 0.717) is 0 Å². The Bertz CT molecular complexity index is 523. The standard InChI is InChI=1S/C13H15Br2N3/c1-2-5-16-7-10-3-4-11(14)6-13(10)18-9-12(15)8-17-18/h3-4,6,8-9,16H,2,5,7H2,1H3. The van der Waals surface area contributed by atoms with Crippen LogP contribution in [0.5, 0.6) is 0 Å². The Labute approximate surface area is 124 Å². The topological polar surface area (TPSA) is 29.9 Å². The van der Waals surface area contributed by atoms with Crippen molar-refractivity contribution >= 4 is 31.9 Å². The van der Waals surface area contributed by atoms with E-state index in [2.05, 4.69) is 67.4 Å². The van der Waals surface area contributed by atoms with E-state index in [1.54, 1.807) is 6.20 Å². The van der Waals surface area contributed by atoms with Crippen LogP contribution in [0.2, 0.25) is 0 Å². The molecule has 1 N–H and O–H groups in total. The van der Waals surface area contributed by atoms with Crippen molar-refractivity contribution in [1.82, 2.24) is 15.1 Å². The van der Waals surface area contributed by atoms with Crippen LogP contribution in [0.4, 0.5) is 0 Å². The second kappa shape index (κ2) is 6.50. The average Bonchev–Trinajstić information content (AvgIpc) is 2.78. The summed E-state index contributed by atoms with van der Waals surface area (Å²) in [7, 11) is 0. The van der Waals surface area contributed by atoms with Crippen LogP contribution in [0.3, 0.4) is 0 Å². The molecule has 0 atom stereocenters. The highest BCUT2D eigenvalue weighted by atomic mass is 79.9. The Morgan fingerprint density at radius 1 is 1.28 bits per heavy atom. The highest BCUT2D eigenvalue weighted by Crippen LogP contribution is 2.21. The van der Waals surface area contributed by atoms with E-state index in [9.17, 15) is 0 Å². The summed E-state index contributed by atoms with van der Waals surface area (Å²) >= 11 is 6.93. The Kier molecular flexibility index (Phi) is 4.97. The van der Waals surface area contributed by atoms with E-state index in [0.717, 1.165) is 34.1 Å². The minimum Gasteiger partial charge on any atom is -0.313 e. The molecule has 0 bridgehead atoms. The number of rotatable bonds is 5. The summed E-state index contributed by atoms with van der Waals surface area (Å²) < 4.78 is 3.93. The fraction of sp³-hybridized carbons (Fsp3) is 0.308. The molecule has 1 aromatic carbocycles. The lowest BCUT2D eigenvalue weighted by Crippen LogP contribution is -2.15. The molecular formula is C13H15Br2N3. The lowest BCUT2D eigenvalue weighted by atomic mass is 10.2. The van der Waals surface area contributed by atoms with Gasteiger partial charge in [-0.2, -0.15) is 5.10 Å². The first-order valence-corrected chi connectivity index (χ1v) is 7.49. The van der Waals surface area contributed by atoms with Gasteiger partial charge in [-0.3, -0.25) is 0 Å². The Morgan fingerprint density at radius 3 is 2.78 bits per heavy atom. The summed E-state index contributed by atoms with van der Waals surface area (Å²) in [6.07, 6.45) is 4.90. The van der Waals surface area contributed by atoms with Gasteiger partial charge in [0.1, 0.15) is 0 Å². The van der Waals surface area contributed by atoms with Gasteiger partial charge in [0.15, 0.2) is 0 Å². The lowest BCUT2D eigenvalue weighted by Gasteiger charge is -2.11. The van der Waals surface area contributed by atoms with E-state index in [-0.39, 0.29) is 0 Å². The first kappa shape index (κ1) is 13.8. The van der Waals surface area contributed by atoms with Crippen LogP contribution in [0, 0.1) is 0 Å². The maximum atomic E-state index is 4.34. The van der Waals surface area contributed by atoms with Gasteiger partial charge in [0.2, 0.25) is 0 Å². The van der Waals surface area contributed by atoms with Gasteiger partial charge in [0, 0.05) is 17.2 Å². The van der Waals surface area contributed by atoms with Crippen molar-refractivity contribution in [2.75, 3.05) is 6.54 Å². The predicted molar refractivity (Wildman–Crippen MR) is 81.0 cm³/mol. The van der Waals surface area contributed by atoms with E-state index in [1.807, 2.05) is 10.9 Å². The minimum atomic E-state index is 0.855. The van der Waals surface area contributed by atoms with Crippen molar-refractivity contribution in [2.45, 2.75) is 19.9 Å². The molecule has 0 saturated carbocycles. The first-order chi connectivity index (χ1) is 8.70. The van der Waals surface area contributed by atoms with Gasteiger partial charge in [0.25, 0.3) is 0 Å². The number of aromatic nitrogens is 2. The summed E-state index contributed by atoms with van der Waals surface area (Å²) in [6.45, 7) is 4.05. The normalized spacial score (nSPS) is 10.8. The van der Waals surface area contributed by atoms with Gasteiger partial charge in [-0.25, -0.2) is 4.68 Å². The van der Waals surface area contributed by atoms with Gasteiger partial charge < -0.3 is 5.32 Å². The van der Waals surface area contributed by atoms with Crippen LogP contribution in [0.1, 0.15) is 18.9 Å². The zero-order valence-corrected chi connectivity index (χ0v) is 13.3. The molecule has 0 fully saturated rings. The molecular weight excluding hydrogens is 358 g/mol. The first-order valence-electron chi connectivity index (χ1n) is 5.90. The summed E-state index contributed by atoms with van der Waals surface area (Å²) in [4.78, 5) is 0. The van der Waals surface area contributed by atoms with Gasteiger partial charge in [-0.05, 0) is 46.6 Å². The quantitative estimate of drug-likeness (QED) is 0.806. The third-order valence-corrected chi connectivity index (χ3v) is 3.49. The molecule has 0 radical (unpaired) electrons. The molecule has 3 nitrogen and oxygen atoms in total. The smallest absolute Gasteiger partial charge is 0.0702 e. The Morgan fingerprint density at radius 2 is 2.11 bits per heavy atom. The molecule has 0 aliphatic heterocycles. The third kappa shape index (κ3) is 3.43. The molecule has 1 aromatic heterocycles. The van der Waals surface area contributed by atoms with E-state index >= 15 is 0 Å². The highest BCUT2D eigenvalue weighted by molar-refractivity contribution is 9.10. The van der Waals surface area contributed by atoms with Crippen molar-refractivity contribution in [2.24, 2.45) is 0 Å². The summed E-state index contributed by atoms with van der Waals surface area (Å²) in [5, 5.41) is 7.76. The molecule has 0 aliphatic rings. The third-order valence-electron chi connectivity index (χ3n) is 2.59. The maximum Gasteiger partial charge on any atom is 0.0702 e. The molecule has 96 valence electrons. The summed E-state index contributed by atoms with van der Waals surface area (Å²) in [5.41, 5.74) is 2.33. The molecule has 0 unspecified atom stereocenters. The fourth-order valence-corrected chi connectivity index (χ4v) is 2.37. The van der Waals surface area contributed by atoms with Crippen molar-refractivity contribution in [3.8, 4) is 5.69 Å². The van der Waals surface area contributed by atoms with Crippen LogP contribution >= 0.6 is 31.9 Å². The average molecular weight is 373 g/mol. The van der Waals surface area contributed by atoms with Crippen LogP contribution < -0.4 is 5.32 Å². The number of nitrogens with one attached hydrogen (secondary N) is 1. The Hall–Kier alpha value is -0.650. The molecule has 5 heteroatoms. The van der Waals surface area contributed by atoms with E-state index in [1.165, 1.54) is 5.56 Å². The van der Waals surface area contributed by atoms with Crippen LogP contribution in [-0.4, -0.2) is 16.3 Å². The second-order valence-electron chi connectivity index (χ2n) is 4.05. The molecule has 2 aromatic rings. The monoisotopic (exact) mass is 371 g/mol. The van der Waals surface area contributed by atoms with Gasteiger partial charge in [-0.1, -0.05) is 28.9 Å². The van der Waals surface area contributed by atoms with Crippen LogP contribution in [0.15, 0.2) is 39.5 Å². The second-order valence-corrected chi connectivity index (χ2v) is 5.88. The van der Waals surface area contributed by atoms with Gasteiger partial charge in [-0.15, -0.1) is 0 Å². The van der Waals surface area contributed by atoms with Crippen LogP contribution in [-0.2, 0) is 6.54 Å². The summed E-state index contributed by atoms with van der Waals surface area (Å²) in [6, 6.07) is 6.27. The largest absolute Gasteiger partial charge is 0.313 e. The van der Waals surface area contributed by atoms with E-state index < -0.39 is 0 Å². The SMILES string of the molecule is CCCNCc1ccc(Br)cc1-n1cc(Br)cn1. The van der Waals surface area contributed by atoms with Crippen molar-refractivity contribution < 1.29 is 0 Å². The summed E-state index contributed by atoms with van der Waals surface area (Å²) in [5.74, 6) is 0. The molecule has 2 rings (SSSR count). The zero-order chi connectivity index (χ0) is 13.0. The number of hydrogen-bond donors (Lipinski definition) is 1. The van der Waals surface area contributed by atoms with Crippen molar-refractivity contribution in [3.63, 3.8) is 0 Å². The molecule has 1 heterocycles. The number of nitrogens with zero attached hydrogens (tertiary/aromatic N) is 2. The predicted octanol–water partition coefficient (Wildman–Crippen LogP) is 3.90. The fourth-order valence-electron chi connectivity index (χ4n) is 1.73. The maximum absolute atomic E-state index is 4.34. The Balaban J connectivity index is 2.29. The van der Waals surface area contributed by atoms with Gasteiger partial charge in [0.05, 0.1) is 16.4 Å². The molecule has 18 heavy (non-hydrogen) atoms. The molecule has 0 spiro atoms. The lowest BCUT2D eigenvalue weighted by molar-refractivity contribution is 0.670. The molecule has 0 aliphatic carbocycles. The van der Waals surface area contributed by atoms with Crippen molar-refractivity contribution in [1.29, 1.82) is 0 Å². The van der Waals surface area contributed by atoms with Gasteiger partial charge >= 0.3 is 0 Å². The van der Waals surface area contributed by atoms with Crippen LogP contribution in [0.25, 0.3) is 5.69 Å². The number of benzene rings is 1.